The van der Waals surface area contributed by atoms with Crippen LogP contribution >= 0.6 is 0 Å². The Kier molecular flexibility index (Phi) is 2.50. The summed E-state index contributed by atoms with van der Waals surface area (Å²) in [4.78, 5) is 27.2. The van der Waals surface area contributed by atoms with Crippen LogP contribution in [0, 0.1) is 6.92 Å². The van der Waals surface area contributed by atoms with Gasteiger partial charge >= 0.3 is 0 Å². The molecule has 0 unspecified atom stereocenters. The summed E-state index contributed by atoms with van der Waals surface area (Å²) in [5.41, 5.74) is -0.0263. The second kappa shape index (κ2) is 4.39. The monoisotopic (exact) mass is 295 g/mol. The van der Waals surface area contributed by atoms with Crippen molar-refractivity contribution in [1.82, 2.24) is 15.2 Å². The molecular formula is C15H9N3O4. The van der Waals surface area contributed by atoms with E-state index in [0.717, 1.165) is 0 Å². The van der Waals surface area contributed by atoms with Crippen molar-refractivity contribution in [3.05, 3.63) is 56.8 Å². The molecule has 4 aromatic rings. The van der Waals surface area contributed by atoms with Gasteiger partial charge in [0.25, 0.3) is 11.4 Å². The number of hydrogen-bond acceptors (Lipinski definition) is 6. The molecule has 0 aliphatic rings. The average molecular weight is 295 g/mol. The van der Waals surface area contributed by atoms with E-state index in [0.29, 0.717) is 16.9 Å². The van der Waals surface area contributed by atoms with Gasteiger partial charge in [0.1, 0.15) is 11.1 Å². The zero-order chi connectivity index (χ0) is 15.3. The predicted molar refractivity (Wildman–Crippen MR) is 78.6 cm³/mol. The second-order valence-electron chi connectivity index (χ2n) is 4.81. The first-order chi connectivity index (χ1) is 10.6. The van der Waals surface area contributed by atoms with Gasteiger partial charge in [-0.05, 0) is 18.2 Å². The van der Waals surface area contributed by atoms with Gasteiger partial charge in [-0.1, -0.05) is 12.1 Å². The smallest absolute Gasteiger partial charge is 0.263 e. The lowest BCUT2D eigenvalue weighted by Crippen LogP contribution is -2.13. The summed E-state index contributed by atoms with van der Waals surface area (Å²) in [5, 5.41) is 8.19. The van der Waals surface area contributed by atoms with E-state index >= 15 is 0 Å². The molecule has 1 N–H and O–H groups in total. The van der Waals surface area contributed by atoms with Crippen LogP contribution in [0.5, 0.6) is 0 Å². The molecule has 0 saturated carbocycles. The standard InChI is InChI=1S/C15H9N3O4/c1-7-17-18-15(21-7)10-6-9-12(19)8-4-2-3-5-11(8)22-14(9)16-13(10)20/h2-6H,1H3,(H,16,20). The number of hydrogen-bond donors (Lipinski definition) is 1. The Labute approximate surface area is 122 Å². The number of aromatic amines is 1. The van der Waals surface area contributed by atoms with E-state index in [1.807, 2.05) is 0 Å². The van der Waals surface area contributed by atoms with E-state index < -0.39 is 5.56 Å². The zero-order valence-corrected chi connectivity index (χ0v) is 11.4. The van der Waals surface area contributed by atoms with Crippen molar-refractivity contribution in [1.29, 1.82) is 0 Å². The first-order valence-electron chi connectivity index (χ1n) is 6.53. The highest BCUT2D eigenvalue weighted by Crippen LogP contribution is 2.20. The van der Waals surface area contributed by atoms with Gasteiger partial charge in [0.2, 0.25) is 17.0 Å². The Balaban J connectivity index is 2.12. The maximum atomic E-state index is 12.5. The van der Waals surface area contributed by atoms with Gasteiger partial charge < -0.3 is 8.83 Å². The third-order valence-corrected chi connectivity index (χ3v) is 3.35. The number of aryl methyl sites for hydroxylation is 1. The molecule has 0 spiro atoms. The lowest BCUT2D eigenvalue weighted by molar-refractivity contribution is 0.532. The molecule has 0 bridgehead atoms. The van der Waals surface area contributed by atoms with Gasteiger partial charge in [-0.2, -0.15) is 0 Å². The number of nitrogens with one attached hydrogen (secondary N) is 1. The number of rotatable bonds is 1. The molecule has 7 nitrogen and oxygen atoms in total. The maximum Gasteiger partial charge on any atom is 0.263 e. The van der Waals surface area contributed by atoms with Crippen LogP contribution in [0.15, 0.2) is 48.8 Å². The molecule has 0 fully saturated rings. The molecule has 0 atom stereocenters. The summed E-state index contributed by atoms with van der Waals surface area (Å²) in [6.07, 6.45) is 0. The first-order valence-corrected chi connectivity index (χ1v) is 6.53. The molecule has 0 aliphatic heterocycles. The minimum Gasteiger partial charge on any atom is -0.439 e. The van der Waals surface area contributed by atoms with Gasteiger partial charge in [-0.15, -0.1) is 10.2 Å². The van der Waals surface area contributed by atoms with E-state index in [1.54, 1.807) is 31.2 Å². The molecule has 1 aromatic carbocycles. The van der Waals surface area contributed by atoms with Crippen LogP contribution in [-0.4, -0.2) is 15.2 Å². The van der Waals surface area contributed by atoms with E-state index in [2.05, 4.69) is 15.2 Å². The predicted octanol–water partition coefficient (Wildman–Crippen LogP) is 1.99. The molecule has 108 valence electrons. The van der Waals surface area contributed by atoms with Crippen molar-refractivity contribution in [3.63, 3.8) is 0 Å². The van der Waals surface area contributed by atoms with Crippen LogP contribution in [0.3, 0.4) is 0 Å². The quantitative estimate of drug-likeness (QED) is 0.539. The van der Waals surface area contributed by atoms with Crippen molar-refractivity contribution < 1.29 is 8.83 Å². The maximum absolute atomic E-state index is 12.5. The summed E-state index contributed by atoms with van der Waals surface area (Å²) in [6, 6.07) is 8.26. The van der Waals surface area contributed by atoms with Crippen molar-refractivity contribution >= 4 is 22.1 Å². The Morgan fingerprint density at radius 3 is 2.64 bits per heavy atom. The molecule has 4 rings (SSSR count). The van der Waals surface area contributed by atoms with E-state index in [4.69, 9.17) is 8.83 Å². The van der Waals surface area contributed by atoms with Crippen LogP contribution < -0.4 is 11.0 Å². The molecule has 0 radical (unpaired) electrons. The molecule has 0 aliphatic carbocycles. The van der Waals surface area contributed by atoms with Gasteiger partial charge in [0, 0.05) is 6.92 Å². The van der Waals surface area contributed by atoms with E-state index in [1.165, 1.54) is 6.07 Å². The van der Waals surface area contributed by atoms with Crippen molar-refractivity contribution in [3.8, 4) is 11.5 Å². The van der Waals surface area contributed by atoms with E-state index in [-0.39, 0.29) is 28.0 Å². The third kappa shape index (κ3) is 1.76. The van der Waals surface area contributed by atoms with E-state index in [9.17, 15) is 9.59 Å². The van der Waals surface area contributed by atoms with Gasteiger partial charge in [-0.3, -0.25) is 14.6 Å². The second-order valence-corrected chi connectivity index (χ2v) is 4.81. The summed E-state index contributed by atoms with van der Waals surface area (Å²) >= 11 is 0. The number of benzene rings is 1. The van der Waals surface area contributed by atoms with Crippen LogP contribution in [0.2, 0.25) is 0 Å². The fraction of sp³-hybridized carbons (Fsp3) is 0.0667. The largest absolute Gasteiger partial charge is 0.439 e. The lowest BCUT2D eigenvalue weighted by atomic mass is 10.1. The number of H-pyrrole nitrogens is 1. The Morgan fingerprint density at radius 2 is 1.86 bits per heavy atom. The average Bonchev–Trinajstić information content (AvgIpc) is 2.93. The summed E-state index contributed by atoms with van der Waals surface area (Å²) in [7, 11) is 0. The molecule has 3 aromatic heterocycles. The van der Waals surface area contributed by atoms with Crippen LogP contribution in [0.4, 0.5) is 0 Å². The molecule has 3 heterocycles. The first kappa shape index (κ1) is 12.5. The van der Waals surface area contributed by atoms with Crippen LogP contribution in [0.25, 0.3) is 33.5 Å². The number of pyridine rings is 1. The molecule has 0 saturated heterocycles. The highest BCUT2D eigenvalue weighted by molar-refractivity contribution is 5.89. The fourth-order valence-electron chi connectivity index (χ4n) is 2.32. The Bertz CT molecular complexity index is 1140. The van der Waals surface area contributed by atoms with Crippen LogP contribution in [0.1, 0.15) is 5.89 Å². The SMILES string of the molecule is Cc1nnc(-c2cc3c(=O)c4ccccc4oc3[nH]c2=O)o1. The highest BCUT2D eigenvalue weighted by Gasteiger charge is 2.15. The summed E-state index contributed by atoms with van der Waals surface area (Å²) in [5.74, 6) is 0.397. The number of aromatic nitrogens is 3. The number of nitrogens with zero attached hydrogens (tertiary/aromatic N) is 2. The minimum absolute atomic E-state index is 0.0632. The van der Waals surface area contributed by atoms with Crippen LogP contribution in [-0.2, 0) is 0 Å². The summed E-state index contributed by atoms with van der Waals surface area (Å²) < 4.78 is 10.8. The Hall–Kier alpha value is -3.22. The molecule has 7 heteroatoms. The van der Waals surface area contributed by atoms with Gasteiger partial charge in [0.05, 0.1) is 10.8 Å². The summed E-state index contributed by atoms with van der Waals surface area (Å²) in [6.45, 7) is 1.62. The van der Waals surface area contributed by atoms with Crippen molar-refractivity contribution in [2.75, 3.05) is 0 Å². The van der Waals surface area contributed by atoms with Crippen molar-refractivity contribution in [2.45, 2.75) is 6.92 Å². The third-order valence-electron chi connectivity index (χ3n) is 3.35. The number of para-hydroxylation sites is 1. The highest BCUT2D eigenvalue weighted by atomic mass is 16.4. The molecular weight excluding hydrogens is 286 g/mol. The minimum atomic E-state index is -0.463. The lowest BCUT2D eigenvalue weighted by Gasteiger charge is -2.01. The number of fused-ring (bicyclic) bond motifs is 2. The van der Waals surface area contributed by atoms with Gasteiger partial charge in [0.15, 0.2) is 0 Å². The fourth-order valence-corrected chi connectivity index (χ4v) is 2.32. The molecule has 22 heavy (non-hydrogen) atoms. The topological polar surface area (TPSA) is 102 Å². The zero-order valence-electron chi connectivity index (χ0n) is 11.4. The Morgan fingerprint density at radius 1 is 1.05 bits per heavy atom. The van der Waals surface area contributed by atoms with Gasteiger partial charge in [-0.25, -0.2) is 0 Å². The van der Waals surface area contributed by atoms with Crippen molar-refractivity contribution in [2.24, 2.45) is 0 Å². The normalized spacial score (nSPS) is 11.3. The molecule has 0 amide bonds.